The molecule has 0 heterocycles. The first-order valence-electron chi connectivity index (χ1n) is 5.50. The van der Waals surface area contributed by atoms with Gasteiger partial charge in [0.25, 0.3) is 0 Å². The van der Waals surface area contributed by atoms with Gasteiger partial charge in [-0.25, -0.2) is 17.5 Å². The lowest BCUT2D eigenvalue weighted by Gasteiger charge is -2.07. The SMILES string of the molecule is C=CCNS(=O)(=O)CCCOc1ccc(F)cc1. The zero-order valence-corrected chi connectivity index (χ0v) is 10.7. The van der Waals surface area contributed by atoms with Gasteiger partial charge in [-0.3, -0.25) is 0 Å². The number of hydrogen-bond donors (Lipinski definition) is 1. The molecule has 0 aliphatic heterocycles. The van der Waals surface area contributed by atoms with Gasteiger partial charge >= 0.3 is 0 Å². The first-order valence-corrected chi connectivity index (χ1v) is 7.15. The lowest BCUT2D eigenvalue weighted by Crippen LogP contribution is -2.27. The van der Waals surface area contributed by atoms with Gasteiger partial charge in [0.15, 0.2) is 0 Å². The Balaban J connectivity index is 2.26. The number of nitrogens with one attached hydrogen (secondary N) is 1. The van der Waals surface area contributed by atoms with E-state index in [4.69, 9.17) is 4.74 Å². The second-order valence-electron chi connectivity index (χ2n) is 3.61. The molecular weight excluding hydrogens is 257 g/mol. The standard InChI is InChI=1S/C12H16FNO3S/c1-2-8-14-18(15,16)10-3-9-17-12-6-4-11(13)5-7-12/h2,4-7,14H,1,3,8-10H2. The van der Waals surface area contributed by atoms with Gasteiger partial charge in [0.1, 0.15) is 11.6 Å². The minimum atomic E-state index is -3.27. The van der Waals surface area contributed by atoms with Gasteiger partial charge < -0.3 is 4.74 Å². The number of benzene rings is 1. The molecule has 0 aromatic heterocycles. The van der Waals surface area contributed by atoms with E-state index in [9.17, 15) is 12.8 Å². The fraction of sp³-hybridized carbons (Fsp3) is 0.333. The molecule has 18 heavy (non-hydrogen) atoms. The molecule has 0 aliphatic rings. The number of sulfonamides is 1. The molecule has 100 valence electrons. The van der Waals surface area contributed by atoms with Gasteiger partial charge in [0.2, 0.25) is 10.0 Å². The Morgan fingerprint density at radius 3 is 2.61 bits per heavy atom. The molecule has 1 N–H and O–H groups in total. The van der Waals surface area contributed by atoms with Crippen molar-refractivity contribution in [1.82, 2.24) is 4.72 Å². The van der Waals surface area contributed by atoms with Gasteiger partial charge in [-0.05, 0) is 30.7 Å². The maximum atomic E-state index is 12.6. The Bertz CT molecular complexity index is 471. The lowest BCUT2D eigenvalue weighted by atomic mass is 10.3. The maximum absolute atomic E-state index is 12.6. The first kappa shape index (κ1) is 14.7. The smallest absolute Gasteiger partial charge is 0.212 e. The summed E-state index contributed by atoms with van der Waals surface area (Å²) in [7, 11) is -3.27. The van der Waals surface area contributed by atoms with Crippen LogP contribution in [0.5, 0.6) is 5.75 Å². The van der Waals surface area contributed by atoms with E-state index in [1.165, 1.54) is 30.3 Å². The normalized spacial score (nSPS) is 11.2. The van der Waals surface area contributed by atoms with E-state index in [2.05, 4.69) is 11.3 Å². The molecule has 0 saturated carbocycles. The monoisotopic (exact) mass is 273 g/mol. The Morgan fingerprint density at radius 2 is 2.00 bits per heavy atom. The van der Waals surface area contributed by atoms with Crippen LogP contribution in [0, 0.1) is 5.82 Å². The summed E-state index contributed by atoms with van der Waals surface area (Å²) in [5.41, 5.74) is 0. The Morgan fingerprint density at radius 1 is 1.33 bits per heavy atom. The van der Waals surface area contributed by atoms with Crippen LogP contribution in [-0.2, 0) is 10.0 Å². The minimum absolute atomic E-state index is 0.0119. The van der Waals surface area contributed by atoms with Crippen molar-refractivity contribution in [2.75, 3.05) is 18.9 Å². The Kier molecular flexibility index (Phi) is 5.80. The van der Waals surface area contributed by atoms with E-state index in [1.54, 1.807) is 0 Å². The molecule has 0 atom stereocenters. The second-order valence-corrected chi connectivity index (χ2v) is 5.54. The van der Waals surface area contributed by atoms with Crippen molar-refractivity contribution in [1.29, 1.82) is 0 Å². The molecular formula is C12H16FNO3S. The largest absolute Gasteiger partial charge is 0.494 e. The molecule has 1 aromatic rings. The molecule has 0 amide bonds. The highest BCUT2D eigenvalue weighted by Crippen LogP contribution is 2.11. The molecule has 1 rings (SSSR count). The van der Waals surface area contributed by atoms with E-state index in [0.717, 1.165) is 0 Å². The van der Waals surface area contributed by atoms with Crippen LogP contribution in [0.4, 0.5) is 4.39 Å². The maximum Gasteiger partial charge on any atom is 0.212 e. The molecule has 0 saturated heterocycles. The topological polar surface area (TPSA) is 55.4 Å². The van der Waals surface area contributed by atoms with Crippen molar-refractivity contribution >= 4 is 10.0 Å². The molecule has 0 aliphatic carbocycles. The fourth-order valence-corrected chi connectivity index (χ4v) is 2.24. The Hall–Kier alpha value is -1.40. The summed E-state index contributed by atoms with van der Waals surface area (Å²) in [6.07, 6.45) is 1.84. The van der Waals surface area contributed by atoms with Gasteiger partial charge in [-0.2, -0.15) is 0 Å². The van der Waals surface area contributed by atoms with Crippen molar-refractivity contribution in [3.63, 3.8) is 0 Å². The zero-order chi connectivity index (χ0) is 13.4. The van der Waals surface area contributed by atoms with E-state index in [1.807, 2.05) is 0 Å². The Labute approximate surface area is 107 Å². The van der Waals surface area contributed by atoms with Crippen LogP contribution in [0.1, 0.15) is 6.42 Å². The highest BCUT2D eigenvalue weighted by molar-refractivity contribution is 7.89. The molecule has 0 spiro atoms. The van der Waals surface area contributed by atoms with Crippen molar-refractivity contribution in [3.05, 3.63) is 42.7 Å². The molecule has 0 unspecified atom stereocenters. The summed E-state index contributed by atoms with van der Waals surface area (Å²) in [5.74, 6) is 0.175. The van der Waals surface area contributed by atoms with Crippen molar-refractivity contribution in [2.24, 2.45) is 0 Å². The first-order chi connectivity index (χ1) is 8.53. The van der Waals surface area contributed by atoms with Crippen molar-refractivity contribution < 1.29 is 17.5 Å². The summed E-state index contributed by atoms with van der Waals surface area (Å²) in [4.78, 5) is 0. The van der Waals surface area contributed by atoms with E-state index in [-0.39, 0.29) is 24.7 Å². The molecule has 0 bridgehead atoms. The van der Waals surface area contributed by atoms with Crippen molar-refractivity contribution in [2.45, 2.75) is 6.42 Å². The third kappa shape index (κ3) is 5.79. The van der Waals surface area contributed by atoms with E-state index in [0.29, 0.717) is 12.2 Å². The molecule has 1 aromatic carbocycles. The number of ether oxygens (including phenoxy) is 1. The third-order valence-corrected chi connectivity index (χ3v) is 3.52. The quantitative estimate of drug-likeness (QED) is 0.579. The van der Waals surface area contributed by atoms with Crippen LogP contribution >= 0.6 is 0 Å². The predicted molar refractivity (Wildman–Crippen MR) is 68.5 cm³/mol. The highest BCUT2D eigenvalue weighted by atomic mass is 32.2. The number of rotatable bonds is 8. The molecule has 0 fully saturated rings. The average molecular weight is 273 g/mol. The molecule has 0 radical (unpaired) electrons. The number of hydrogen-bond acceptors (Lipinski definition) is 3. The van der Waals surface area contributed by atoms with Gasteiger partial charge in [-0.15, -0.1) is 6.58 Å². The average Bonchev–Trinajstić information content (AvgIpc) is 2.34. The van der Waals surface area contributed by atoms with Crippen LogP contribution in [-0.4, -0.2) is 27.3 Å². The predicted octanol–water partition coefficient (Wildman–Crippen LogP) is 1.70. The molecule has 4 nitrogen and oxygen atoms in total. The second kappa shape index (κ2) is 7.13. The summed E-state index contributed by atoms with van der Waals surface area (Å²) in [6, 6.07) is 5.58. The van der Waals surface area contributed by atoms with Gasteiger partial charge in [0, 0.05) is 6.54 Å². The minimum Gasteiger partial charge on any atom is -0.494 e. The van der Waals surface area contributed by atoms with Crippen LogP contribution in [0.25, 0.3) is 0 Å². The summed E-state index contributed by atoms with van der Waals surface area (Å²) < 4.78 is 43.0. The highest BCUT2D eigenvalue weighted by Gasteiger charge is 2.07. The van der Waals surface area contributed by atoms with Crippen LogP contribution in [0.15, 0.2) is 36.9 Å². The van der Waals surface area contributed by atoms with E-state index < -0.39 is 10.0 Å². The lowest BCUT2D eigenvalue weighted by molar-refractivity contribution is 0.317. The van der Waals surface area contributed by atoms with Crippen LogP contribution in [0.3, 0.4) is 0 Å². The van der Waals surface area contributed by atoms with Crippen molar-refractivity contribution in [3.8, 4) is 5.75 Å². The summed E-state index contributed by atoms with van der Waals surface area (Å²) in [6.45, 7) is 3.91. The van der Waals surface area contributed by atoms with Gasteiger partial charge in [0.05, 0.1) is 12.4 Å². The zero-order valence-electron chi connectivity index (χ0n) is 9.93. The molecule has 6 heteroatoms. The fourth-order valence-electron chi connectivity index (χ4n) is 1.23. The summed E-state index contributed by atoms with van der Waals surface area (Å²) in [5, 5.41) is 0. The van der Waals surface area contributed by atoms with Gasteiger partial charge in [-0.1, -0.05) is 6.08 Å². The summed E-state index contributed by atoms with van der Waals surface area (Å²) >= 11 is 0. The number of halogens is 1. The van der Waals surface area contributed by atoms with Crippen LogP contribution < -0.4 is 9.46 Å². The van der Waals surface area contributed by atoms with Crippen LogP contribution in [0.2, 0.25) is 0 Å². The van der Waals surface area contributed by atoms with E-state index >= 15 is 0 Å². The third-order valence-electron chi connectivity index (χ3n) is 2.09.